The lowest BCUT2D eigenvalue weighted by Crippen LogP contribution is -2.46. The Hall–Kier alpha value is -1.64. The number of nitrogens with two attached hydrogens (primary N) is 1. The first-order chi connectivity index (χ1) is 11.5. The molecule has 0 saturated carbocycles. The molecule has 1 unspecified atom stereocenters. The van der Waals surface area contributed by atoms with E-state index in [1.165, 1.54) is 4.31 Å². The van der Waals surface area contributed by atoms with Gasteiger partial charge in [0.1, 0.15) is 5.75 Å². The molecule has 2 aliphatic heterocycles. The van der Waals surface area contributed by atoms with E-state index in [0.29, 0.717) is 39.1 Å². The van der Waals surface area contributed by atoms with E-state index in [2.05, 4.69) is 5.32 Å². The van der Waals surface area contributed by atoms with Crippen molar-refractivity contribution in [1.29, 1.82) is 0 Å². The van der Waals surface area contributed by atoms with E-state index in [4.69, 9.17) is 10.5 Å². The van der Waals surface area contributed by atoms with Gasteiger partial charge in [-0.1, -0.05) is 0 Å². The third kappa shape index (κ3) is 3.40. The van der Waals surface area contributed by atoms with E-state index >= 15 is 0 Å². The van der Waals surface area contributed by atoms with Gasteiger partial charge in [0.25, 0.3) is 0 Å². The number of amides is 1. The number of benzene rings is 1. The van der Waals surface area contributed by atoms with E-state index in [-0.39, 0.29) is 23.3 Å². The Balaban J connectivity index is 1.75. The molecule has 1 amide bonds. The van der Waals surface area contributed by atoms with Crippen LogP contribution in [0, 0.1) is 5.92 Å². The fraction of sp³-hybridized carbons (Fsp3) is 0.562. The fourth-order valence-electron chi connectivity index (χ4n) is 3.19. The molecule has 132 valence electrons. The summed E-state index contributed by atoms with van der Waals surface area (Å²) in [6.07, 6.45) is 2.09. The van der Waals surface area contributed by atoms with Crippen LogP contribution in [0.1, 0.15) is 18.4 Å². The molecule has 0 bridgehead atoms. The van der Waals surface area contributed by atoms with Crippen LogP contribution < -0.4 is 15.8 Å². The SMILES string of the molecule is NCCNC(=O)C1CCCN(S(=O)(=O)c2ccc3c(c2)CCO3)C1. The highest BCUT2D eigenvalue weighted by Gasteiger charge is 2.33. The van der Waals surface area contributed by atoms with Crippen LogP contribution in [-0.4, -0.2) is 51.4 Å². The standard InChI is InChI=1S/C16H23N3O4S/c17-6-7-18-16(20)13-2-1-8-19(11-13)24(21,22)14-3-4-15-12(10-14)5-9-23-15/h3-4,10,13H,1-2,5-9,11,17H2,(H,18,20). The zero-order valence-electron chi connectivity index (χ0n) is 13.5. The number of carbonyl (C=O) groups is 1. The van der Waals surface area contributed by atoms with Crippen molar-refractivity contribution < 1.29 is 17.9 Å². The summed E-state index contributed by atoms with van der Waals surface area (Å²) >= 11 is 0. The summed E-state index contributed by atoms with van der Waals surface area (Å²) in [5.74, 6) is 0.312. The molecule has 7 nitrogen and oxygen atoms in total. The molecule has 0 aliphatic carbocycles. The number of ether oxygens (including phenoxy) is 1. The zero-order valence-corrected chi connectivity index (χ0v) is 14.3. The largest absolute Gasteiger partial charge is 0.493 e. The lowest BCUT2D eigenvalue weighted by Gasteiger charge is -2.31. The Kier molecular flexibility index (Phi) is 5.07. The highest BCUT2D eigenvalue weighted by atomic mass is 32.2. The molecule has 1 aromatic rings. The number of rotatable bonds is 5. The minimum Gasteiger partial charge on any atom is -0.493 e. The molecule has 8 heteroatoms. The van der Waals surface area contributed by atoms with Gasteiger partial charge in [0.2, 0.25) is 15.9 Å². The molecule has 0 aromatic heterocycles. The second-order valence-electron chi connectivity index (χ2n) is 6.15. The first kappa shape index (κ1) is 17.2. The van der Waals surface area contributed by atoms with Gasteiger partial charge in [0, 0.05) is 32.6 Å². The smallest absolute Gasteiger partial charge is 0.243 e. The van der Waals surface area contributed by atoms with Crippen LogP contribution in [0.4, 0.5) is 0 Å². The van der Waals surface area contributed by atoms with Crippen molar-refractivity contribution in [2.45, 2.75) is 24.2 Å². The van der Waals surface area contributed by atoms with Gasteiger partial charge in [-0.25, -0.2) is 8.42 Å². The van der Waals surface area contributed by atoms with Gasteiger partial charge in [-0.3, -0.25) is 4.79 Å². The lowest BCUT2D eigenvalue weighted by atomic mass is 9.99. The molecule has 2 heterocycles. The summed E-state index contributed by atoms with van der Waals surface area (Å²) in [5, 5.41) is 2.75. The van der Waals surface area contributed by atoms with Gasteiger partial charge in [-0.05, 0) is 36.6 Å². The van der Waals surface area contributed by atoms with Crippen LogP contribution >= 0.6 is 0 Å². The number of nitrogens with one attached hydrogen (secondary N) is 1. The van der Waals surface area contributed by atoms with Crippen LogP contribution in [0.3, 0.4) is 0 Å². The van der Waals surface area contributed by atoms with Crippen molar-refractivity contribution in [3.63, 3.8) is 0 Å². The molecule has 0 radical (unpaired) electrons. The maximum atomic E-state index is 12.9. The van der Waals surface area contributed by atoms with Crippen molar-refractivity contribution in [3.8, 4) is 5.75 Å². The minimum atomic E-state index is -3.60. The van der Waals surface area contributed by atoms with Crippen LogP contribution in [0.2, 0.25) is 0 Å². The molecule has 24 heavy (non-hydrogen) atoms. The van der Waals surface area contributed by atoms with Gasteiger partial charge in [-0.2, -0.15) is 4.31 Å². The van der Waals surface area contributed by atoms with E-state index in [9.17, 15) is 13.2 Å². The lowest BCUT2D eigenvalue weighted by molar-refractivity contribution is -0.126. The Morgan fingerprint density at radius 2 is 2.25 bits per heavy atom. The Bertz CT molecular complexity index is 720. The average Bonchev–Trinajstić information content (AvgIpc) is 3.07. The molecular weight excluding hydrogens is 330 g/mol. The predicted molar refractivity (Wildman–Crippen MR) is 89.2 cm³/mol. The summed E-state index contributed by atoms with van der Waals surface area (Å²) in [6, 6.07) is 4.98. The first-order valence-corrected chi connectivity index (χ1v) is 9.70. The normalized spacial score (nSPS) is 21.1. The molecule has 1 atom stereocenters. The van der Waals surface area contributed by atoms with Crippen molar-refractivity contribution in [2.24, 2.45) is 11.7 Å². The third-order valence-corrected chi connectivity index (χ3v) is 6.36. The van der Waals surface area contributed by atoms with E-state index in [1.54, 1.807) is 18.2 Å². The van der Waals surface area contributed by atoms with E-state index in [0.717, 1.165) is 17.7 Å². The monoisotopic (exact) mass is 353 g/mol. The average molecular weight is 353 g/mol. The quantitative estimate of drug-likeness (QED) is 0.782. The molecular formula is C16H23N3O4S. The van der Waals surface area contributed by atoms with E-state index in [1.807, 2.05) is 0 Å². The van der Waals surface area contributed by atoms with Gasteiger partial charge >= 0.3 is 0 Å². The summed E-state index contributed by atoms with van der Waals surface area (Å²) < 4.78 is 32.6. The number of hydrogen-bond donors (Lipinski definition) is 2. The topological polar surface area (TPSA) is 102 Å². The molecule has 1 saturated heterocycles. The number of piperidine rings is 1. The molecule has 1 aromatic carbocycles. The zero-order chi connectivity index (χ0) is 17.2. The van der Waals surface area contributed by atoms with Crippen LogP contribution in [0.15, 0.2) is 23.1 Å². The van der Waals surface area contributed by atoms with Crippen LogP contribution in [0.5, 0.6) is 5.75 Å². The van der Waals surface area contributed by atoms with Crippen molar-refractivity contribution in [2.75, 3.05) is 32.8 Å². The highest BCUT2D eigenvalue weighted by Crippen LogP contribution is 2.30. The summed E-state index contributed by atoms with van der Waals surface area (Å²) in [6.45, 7) is 2.03. The molecule has 3 rings (SSSR count). The number of hydrogen-bond acceptors (Lipinski definition) is 5. The van der Waals surface area contributed by atoms with Gasteiger partial charge < -0.3 is 15.8 Å². The molecule has 3 N–H and O–H groups in total. The minimum absolute atomic E-state index is 0.122. The van der Waals surface area contributed by atoms with Gasteiger partial charge in [0.05, 0.1) is 17.4 Å². The van der Waals surface area contributed by atoms with Crippen LogP contribution in [-0.2, 0) is 21.2 Å². The van der Waals surface area contributed by atoms with Gasteiger partial charge in [-0.15, -0.1) is 0 Å². The Morgan fingerprint density at radius 1 is 1.42 bits per heavy atom. The molecule has 2 aliphatic rings. The second-order valence-corrected chi connectivity index (χ2v) is 8.09. The maximum absolute atomic E-state index is 12.9. The number of nitrogens with zero attached hydrogens (tertiary/aromatic N) is 1. The predicted octanol–water partition coefficient (Wildman–Crippen LogP) is 0.0971. The third-order valence-electron chi connectivity index (χ3n) is 4.50. The molecule has 0 spiro atoms. The molecule has 1 fully saturated rings. The summed E-state index contributed by atoms with van der Waals surface area (Å²) in [7, 11) is -3.60. The van der Waals surface area contributed by atoms with Crippen LogP contribution in [0.25, 0.3) is 0 Å². The summed E-state index contributed by atoms with van der Waals surface area (Å²) in [4.78, 5) is 12.4. The number of fused-ring (bicyclic) bond motifs is 1. The van der Waals surface area contributed by atoms with E-state index < -0.39 is 10.0 Å². The Labute approximate surface area is 142 Å². The number of carbonyl (C=O) groups excluding carboxylic acids is 1. The first-order valence-electron chi connectivity index (χ1n) is 8.26. The highest BCUT2D eigenvalue weighted by molar-refractivity contribution is 7.89. The fourth-order valence-corrected chi connectivity index (χ4v) is 4.76. The second kappa shape index (κ2) is 7.08. The summed E-state index contributed by atoms with van der Waals surface area (Å²) in [5.41, 5.74) is 6.31. The number of sulfonamides is 1. The van der Waals surface area contributed by atoms with Crippen molar-refractivity contribution in [1.82, 2.24) is 9.62 Å². The Morgan fingerprint density at radius 3 is 3.04 bits per heavy atom. The van der Waals surface area contributed by atoms with Crippen molar-refractivity contribution >= 4 is 15.9 Å². The van der Waals surface area contributed by atoms with Gasteiger partial charge in [0.15, 0.2) is 0 Å². The maximum Gasteiger partial charge on any atom is 0.243 e. The van der Waals surface area contributed by atoms with Crippen molar-refractivity contribution in [3.05, 3.63) is 23.8 Å².